The number of fused-ring (bicyclic) bond motifs is 1. The first kappa shape index (κ1) is 17.9. The van der Waals surface area contributed by atoms with Crippen LogP contribution >= 0.6 is 0 Å². The molecule has 2 amide bonds. The monoisotopic (exact) mass is 347 g/mol. The Morgan fingerprint density at radius 3 is 3.04 bits per heavy atom. The van der Waals surface area contributed by atoms with Crippen LogP contribution in [0.5, 0.6) is 0 Å². The van der Waals surface area contributed by atoms with E-state index in [-0.39, 0.29) is 18.4 Å². The Kier molecular flexibility index (Phi) is 5.73. The summed E-state index contributed by atoms with van der Waals surface area (Å²) in [6.45, 7) is 8.89. The van der Waals surface area contributed by atoms with Gasteiger partial charge in [0.25, 0.3) is 0 Å². The Morgan fingerprint density at radius 1 is 1.40 bits per heavy atom. The molecule has 0 radical (unpaired) electrons. The van der Waals surface area contributed by atoms with Gasteiger partial charge in [0.15, 0.2) is 0 Å². The summed E-state index contributed by atoms with van der Waals surface area (Å²) in [6.07, 6.45) is 3.95. The number of hydrogen-bond acceptors (Lipinski definition) is 4. The average Bonchev–Trinajstić information content (AvgIpc) is 2.95. The molecule has 1 N–H and O–H groups in total. The van der Waals surface area contributed by atoms with E-state index in [0.29, 0.717) is 19.5 Å². The molecular weight excluding hydrogens is 318 g/mol. The van der Waals surface area contributed by atoms with Crippen LogP contribution in [0.4, 0.5) is 5.82 Å². The number of carbonyl (C=O) groups is 2. The molecular formula is C18H29N5O2. The van der Waals surface area contributed by atoms with Crippen molar-refractivity contribution in [3.8, 4) is 0 Å². The van der Waals surface area contributed by atoms with E-state index in [1.54, 1.807) is 4.90 Å². The lowest BCUT2D eigenvalue weighted by molar-refractivity contribution is -0.124. The van der Waals surface area contributed by atoms with Gasteiger partial charge in [-0.3, -0.25) is 14.5 Å². The third-order valence-corrected chi connectivity index (χ3v) is 5.01. The lowest BCUT2D eigenvalue weighted by Crippen LogP contribution is -2.45. The second-order valence-corrected chi connectivity index (χ2v) is 7.35. The van der Waals surface area contributed by atoms with Crippen molar-refractivity contribution in [2.45, 2.75) is 46.1 Å². The summed E-state index contributed by atoms with van der Waals surface area (Å²) >= 11 is 0. The zero-order chi connectivity index (χ0) is 17.8. The highest BCUT2D eigenvalue weighted by molar-refractivity contribution is 5.98. The van der Waals surface area contributed by atoms with Gasteiger partial charge in [0, 0.05) is 25.6 Å². The molecule has 138 valence electrons. The number of nitrogens with zero attached hydrogens (tertiary/aromatic N) is 4. The van der Waals surface area contributed by atoms with Crippen molar-refractivity contribution in [2.24, 2.45) is 5.92 Å². The van der Waals surface area contributed by atoms with Crippen LogP contribution in [0.3, 0.4) is 0 Å². The van der Waals surface area contributed by atoms with E-state index in [4.69, 9.17) is 0 Å². The lowest BCUT2D eigenvalue weighted by Gasteiger charge is -2.30. The molecule has 7 heteroatoms. The van der Waals surface area contributed by atoms with Gasteiger partial charge in [-0.15, -0.1) is 0 Å². The van der Waals surface area contributed by atoms with E-state index >= 15 is 0 Å². The van der Waals surface area contributed by atoms with Crippen LogP contribution < -0.4 is 10.2 Å². The van der Waals surface area contributed by atoms with E-state index in [1.807, 2.05) is 17.7 Å². The molecule has 1 atom stereocenters. The molecule has 3 heterocycles. The maximum Gasteiger partial charge on any atom is 0.240 e. The minimum Gasteiger partial charge on any atom is -0.354 e. The van der Waals surface area contributed by atoms with Crippen molar-refractivity contribution in [2.75, 3.05) is 37.6 Å². The van der Waals surface area contributed by atoms with Crippen molar-refractivity contribution in [1.29, 1.82) is 0 Å². The first-order valence-corrected chi connectivity index (χ1v) is 9.37. The lowest BCUT2D eigenvalue weighted by atomic mass is 10.0. The van der Waals surface area contributed by atoms with Crippen molar-refractivity contribution < 1.29 is 9.59 Å². The topological polar surface area (TPSA) is 70.5 Å². The molecule has 0 aliphatic carbocycles. The predicted octanol–water partition coefficient (Wildman–Crippen LogP) is 1.17. The molecule has 1 aromatic rings. The molecule has 3 rings (SSSR count). The Balaban J connectivity index is 1.42. The molecule has 1 saturated heterocycles. The number of nitrogens with one attached hydrogen (secondary N) is 1. The van der Waals surface area contributed by atoms with E-state index < -0.39 is 0 Å². The SMILES string of the molecule is Cc1cc2n(n1)CCC(=O)N2CC(=O)NCCCN1CCC[C@H](C)C1. The molecule has 0 unspecified atom stereocenters. The summed E-state index contributed by atoms with van der Waals surface area (Å²) in [4.78, 5) is 28.4. The normalized spacial score (nSPS) is 21.3. The maximum atomic E-state index is 12.2. The molecule has 2 aliphatic rings. The van der Waals surface area contributed by atoms with Gasteiger partial charge < -0.3 is 10.2 Å². The fraction of sp³-hybridized carbons (Fsp3) is 0.722. The first-order chi connectivity index (χ1) is 12.0. The van der Waals surface area contributed by atoms with Crippen LogP contribution in [-0.2, 0) is 16.1 Å². The smallest absolute Gasteiger partial charge is 0.240 e. The molecule has 1 fully saturated rings. The van der Waals surface area contributed by atoms with E-state index in [0.717, 1.165) is 30.4 Å². The second kappa shape index (κ2) is 7.99. The van der Waals surface area contributed by atoms with Gasteiger partial charge in [0.2, 0.25) is 11.8 Å². The summed E-state index contributed by atoms with van der Waals surface area (Å²) < 4.78 is 1.81. The van der Waals surface area contributed by atoms with Crippen molar-refractivity contribution in [3.63, 3.8) is 0 Å². The summed E-state index contributed by atoms with van der Waals surface area (Å²) in [6, 6.07) is 1.86. The minimum atomic E-state index is -0.104. The highest BCUT2D eigenvalue weighted by Gasteiger charge is 2.27. The molecule has 1 aromatic heterocycles. The van der Waals surface area contributed by atoms with Gasteiger partial charge in [-0.2, -0.15) is 5.10 Å². The number of amides is 2. The molecule has 2 aliphatic heterocycles. The Morgan fingerprint density at radius 2 is 2.24 bits per heavy atom. The van der Waals surface area contributed by atoms with E-state index in [1.165, 1.54) is 25.9 Å². The summed E-state index contributed by atoms with van der Waals surface area (Å²) in [5.74, 6) is 1.39. The number of carbonyl (C=O) groups excluding carboxylic acids is 2. The third-order valence-electron chi connectivity index (χ3n) is 5.01. The maximum absolute atomic E-state index is 12.2. The molecule has 0 spiro atoms. The van der Waals surface area contributed by atoms with Gasteiger partial charge in [0.1, 0.15) is 12.4 Å². The number of likely N-dealkylation sites (tertiary alicyclic amines) is 1. The number of hydrogen-bond donors (Lipinski definition) is 1. The van der Waals surface area contributed by atoms with Gasteiger partial charge in [-0.1, -0.05) is 6.92 Å². The Labute approximate surface area is 149 Å². The number of aryl methyl sites for hydroxylation is 2. The summed E-state index contributed by atoms with van der Waals surface area (Å²) in [5, 5.41) is 7.31. The highest BCUT2D eigenvalue weighted by atomic mass is 16.2. The van der Waals surface area contributed by atoms with Gasteiger partial charge in [-0.25, -0.2) is 4.68 Å². The Hall–Kier alpha value is -1.89. The van der Waals surface area contributed by atoms with E-state index in [9.17, 15) is 9.59 Å². The third kappa shape index (κ3) is 4.60. The van der Waals surface area contributed by atoms with E-state index in [2.05, 4.69) is 22.2 Å². The molecule has 25 heavy (non-hydrogen) atoms. The first-order valence-electron chi connectivity index (χ1n) is 9.37. The second-order valence-electron chi connectivity index (χ2n) is 7.35. The number of aromatic nitrogens is 2. The highest BCUT2D eigenvalue weighted by Crippen LogP contribution is 2.22. The van der Waals surface area contributed by atoms with Crippen LogP contribution in [-0.4, -0.2) is 59.2 Å². The number of rotatable bonds is 6. The Bertz CT molecular complexity index is 627. The minimum absolute atomic E-state index is 0.00939. The van der Waals surface area contributed by atoms with Gasteiger partial charge in [-0.05, 0) is 45.2 Å². The van der Waals surface area contributed by atoms with Crippen LogP contribution in [0.15, 0.2) is 6.07 Å². The fourth-order valence-corrected chi connectivity index (χ4v) is 3.77. The molecule has 0 saturated carbocycles. The zero-order valence-electron chi connectivity index (χ0n) is 15.3. The van der Waals surface area contributed by atoms with Gasteiger partial charge >= 0.3 is 0 Å². The molecule has 0 bridgehead atoms. The van der Waals surface area contributed by atoms with Crippen molar-refractivity contribution in [3.05, 3.63) is 11.8 Å². The average molecular weight is 347 g/mol. The van der Waals surface area contributed by atoms with Crippen LogP contribution in [0, 0.1) is 12.8 Å². The standard InChI is InChI=1S/C18H29N5O2/c1-14-5-3-8-21(12-14)9-4-7-19-16(24)13-22-17-11-15(2)20-23(17)10-6-18(22)25/h11,14H,3-10,12-13H2,1-2H3,(H,19,24)/t14-/m0/s1. The molecule has 7 nitrogen and oxygen atoms in total. The zero-order valence-corrected chi connectivity index (χ0v) is 15.3. The van der Waals surface area contributed by atoms with Crippen molar-refractivity contribution in [1.82, 2.24) is 20.0 Å². The van der Waals surface area contributed by atoms with Crippen LogP contribution in [0.25, 0.3) is 0 Å². The largest absolute Gasteiger partial charge is 0.354 e. The summed E-state index contributed by atoms with van der Waals surface area (Å²) in [5.41, 5.74) is 0.867. The van der Waals surface area contributed by atoms with Crippen LogP contribution in [0.2, 0.25) is 0 Å². The fourth-order valence-electron chi connectivity index (χ4n) is 3.77. The predicted molar refractivity (Wildman–Crippen MR) is 96.4 cm³/mol. The number of anilines is 1. The van der Waals surface area contributed by atoms with Gasteiger partial charge in [0.05, 0.1) is 12.2 Å². The number of piperidine rings is 1. The van der Waals surface area contributed by atoms with Crippen molar-refractivity contribution >= 4 is 17.6 Å². The summed E-state index contributed by atoms with van der Waals surface area (Å²) in [7, 11) is 0. The molecule has 0 aromatic carbocycles. The quantitative estimate of drug-likeness (QED) is 0.784. The van der Waals surface area contributed by atoms with Crippen LogP contribution in [0.1, 0.15) is 38.3 Å².